The van der Waals surface area contributed by atoms with Crippen LogP contribution >= 0.6 is 0 Å². The van der Waals surface area contributed by atoms with E-state index in [4.69, 9.17) is 9.47 Å². The second-order valence-electron chi connectivity index (χ2n) is 6.43. The Bertz CT molecular complexity index is 538. The van der Waals surface area contributed by atoms with E-state index in [1.807, 2.05) is 36.4 Å². The van der Waals surface area contributed by atoms with Gasteiger partial charge in [0, 0.05) is 26.2 Å². The van der Waals surface area contributed by atoms with Gasteiger partial charge in [0.2, 0.25) is 0 Å². The highest BCUT2D eigenvalue weighted by atomic mass is 19.1. The molecule has 2 aromatic rings. The van der Waals surface area contributed by atoms with Crippen molar-refractivity contribution in [1.29, 1.82) is 0 Å². The van der Waals surface area contributed by atoms with Gasteiger partial charge in [0.15, 0.2) is 0 Å². The summed E-state index contributed by atoms with van der Waals surface area (Å²) in [7, 11) is 0. The normalized spacial score (nSPS) is 12.4. The number of rotatable bonds is 13. The van der Waals surface area contributed by atoms with Crippen LogP contribution in [-0.2, 0) is 22.6 Å². The van der Waals surface area contributed by atoms with Crippen LogP contribution in [0, 0.1) is 0 Å². The number of benzene rings is 2. The molecule has 1 atom stereocenters. The zero-order valence-electron chi connectivity index (χ0n) is 15.6. The van der Waals surface area contributed by atoms with Gasteiger partial charge in [-0.25, -0.2) is 4.39 Å². The van der Waals surface area contributed by atoms with Crippen LogP contribution < -0.4 is 0 Å². The molecule has 0 bridgehead atoms. The second-order valence-corrected chi connectivity index (χ2v) is 6.43. The molecular weight excluding hydrogens is 329 g/mol. The van der Waals surface area contributed by atoms with Crippen LogP contribution in [0.5, 0.6) is 0 Å². The molecule has 0 spiro atoms. The van der Waals surface area contributed by atoms with Crippen molar-refractivity contribution in [2.75, 3.05) is 33.0 Å². The van der Waals surface area contributed by atoms with Crippen molar-refractivity contribution < 1.29 is 13.9 Å². The van der Waals surface area contributed by atoms with E-state index in [9.17, 15) is 4.39 Å². The van der Waals surface area contributed by atoms with Gasteiger partial charge in [0.1, 0.15) is 6.17 Å². The largest absolute Gasteiger partial charge is 0.379 e. The van der Waals surface area contributed by atoms with Crippen LogP contribution in [-0.4, -0.2) is 44.0 Å². The van der Waals surface area contributed by atoms with Crippen LogP contribution in [0.1, 0.15) is 24.5 Å². The van der Waals surface area contributed by atoms with Gasteiger partial charge < -0.3 is 9.47 Å². The van der Waals surface area contributed by atoms with E-state index in [0.717, 1.165) is 26.1 Å². The molecule has 0 amide bonds. The fraction of sp³-hybridized carbons (Fsp3) is 0.455. The average Bonchev–Trinajstić information content (AvgIpc) is 2.66. The maximum Gasteiger partial charge on any atom is 0.136 e. The van der Waals surface area contributed by atoms with Gasteiger partial charge in [-0.2, -0.15) is 0 Å². The summed E-state index contributed by atoms with van der Waals surface area (Å²) >= 11 is 0. The first-order valence-corrected chi connectivity index (χ1v) is 9.37. The summed E-state index contributed by atoms with van der Waals surface area (Å²) in [6, 6.07) is 20.4. The van der Waals surface area contributed by atoms with E-state index < -0.39 is 6.17 Å². The highest BCUT2D eigenvalue weighted by Crippen LogP contribution is 2.12. The van der Waals surface area contributed by atoms with Crippen LogP contribution in [0.15, 0.2) is 60.7 Å². The molecule has 0 heterocycles. The van der Waals surface area contributed by atoms with Crippen molar-refractivity contribution >= 4 is 0 Å². The summed E-state index contributed by atoms with van der Waals surface area (Å²) in [5, 5.41) is 0. The van der Waals surface area contributed by atoms with E-state index in [0.29, 0.717) is 19.8 Å². The summed E-state index contributed by atoms with van der Waals surface area (Å²) in [6.07, 6.45) is -0.0340. The maximum absolute atomic E-state index is 14.4. The number of hydrogen-bond donors (Lipinski definition) is 0. The zero-order chi connectivity index (χ0) is 18.5. The minimum atomic E-state index is -1.02. The Morgan fingerprint density at radius 1 is 0.808 bits per heavy atom. The average molecular weight is 359 g/mol. The summed E-state index contributed by atoms with van der Waals surface area (Å²) < 4.78 is 25.2. The monoisotopic (exact) mass is 359 g/mol. The predicted molar refractivity (Wildman–Crippen MR) is 104 cm³/mol. The maximum atomic E-state index is 14.4. The van der Waals surface area contributed by atoms with E-state index >= 15 is 0 Å². The molecule has 2 rings (SSSR count). The SMILES string of the molecule is CCCOCCOCC(F)CN(Cc1ccccc1)Cc1ccccc1. The van der Waals surface area contributed by atoms with Crippen molar-refractivity contribution in [3.8, 4) is 0 Å². The molecule has 0 aliphatic carbocycles. The van der Waals surface area contributed by atoms with Gasteiger partial charge in [-0.15, -0.1) is 0 Å². The van der Waals surface area contributed by atoms with Crippen LogP contribution in [0.4, 0.5) is 4.39 Å². The molecule has 0 fully saturated rings. The topological polar surface area (TPSA) is 21.7 Å². The van der Waals surface area contributed by atoms with Gasteiger partial charge in [-0.05, 0) is 17.5 Å². The second kappa shape index (κ2) is 12.6. The molecule has 4 heteroatoms. The van der Waals surface area contributed by atoms with Crippen molar-refractivity contribution in [1.82, 2.24) is 4.90 Å². The molecule has 0 radical (unpaired) electrons. The molecule has 0 saturated carbocycles. The molecular formula is C22H30FNO2. The molecule has 0 N–H and O–H groups in total. The fourth-order valence-corrected chi connectivity index (χ4v) is 2.78. The number of hydrogen-bond acceptors (Lipinski definition) is 3. The first-order chi connectivity index (χ1) is 12.8. The summed E-state index contributed by atoms with van der Waals surface area (Å²) in [5.74, 6) is 0. The molecule has 1 unspecified atom stereocenters. The third kappa shape index (κ3) is 8.56. The van der Waals surface area contributed by atoms with Crippen LogP contribution in [0.3, 0.4) is 0 Å². The van der Waals surface area contributed by atoms with E-state index in [2.05, 4.69) is 36.1 Å². The van der Waals surface area contributed by atoms with E-state index in [1.54, 1.807) is 0 Å². The standard InChI is InChI=1S/C22H30FNO2/c1-2-13-25-14-15-26-19-22(23)18-24(16-20-9-5-3-6-10-20)17-21-11-7-4-8-12-21/h3-12,22H,2,13-19H2,1H3. The van der Waals surface area contributed by atoms with Crippen molar-refractivity contribution in [3.05, 3.63) is 71.8 Å². The molecule has 0 aromatic heterocycles. The van der Waals surface area contributed by atoms with Crippen molar-refractivity contribution in [2.24, 2.45) is 0 Å². The lowest BCUT2D eigenvalue weighted by atomic mass is 10.1. The predicted octanol–water partition coefficient (Wildman–Crippen LogP) is 4.47. The van der Waals surface area contributed by atoms with Gasteiger partial charge in [0.05, 0.1) is 19.8 Å². The molecule has 3 nitrogen and oxygen atoms in total. The smallest absolute Gasteiger partial charge is 0.136 e. The van der Waals surface area contributed by atoms with Gasteiger partial charge in [0.25, 0.3) is 0 Å². The lowest BCUT2D eigenvalue weighted by molar-refractivity contribution is 0.0174. The summed E-state index contributed by atoms with van der Waals surface area (Å²) in [5.41, 5.74) is 2.37. The van der Waals surface area contributed by atoms with Crippen molar-refractivity contribution in [2.45, 2.75) is 32.6 Å². The molecule has 142 valence electrons. The third-order valence-corrected chi connectivity index (χ3v) is 3.97. The van der Waals surface area contributed by atoms with Gasteiger partial charge in [-0.3, -0.25) is 4.90 Å². The number of alkyl halides is 1. The minimum Gasteiger partial charge on any atom is -0.379 e. The Hall–Kier alpha value is -1.75. The van der Waals surface area contributed by atoms with E-state index in [1.165, 1.54) is 11.1 Å². The van der Waals surface area contributed by atoms with Crippen molar-refractivity contribution in [3.63, 3.8) is 0 Å². The van der Waals surface area contributed by atoms with E-state index in [-0.39, 0.29) is 6.61 Å². The highest BCUT2D eigenvalue weighted by molar-refractivity contribution is 5.17. The van der Waals surface area contributed by atoms with Gasteiger partial charge >= 0.3 is 0 Å². The Labute approximate surface area is 156 Å². The number of halogens is 1. The molecule has 0 aliphatic heterocycles. The third-order valence-electron chi connectivity index (χ3n) is 3.97. The number of ether oxygens (including phenoxy) is 2. The Kier molecular flexibility index (Phi) is 9.95. The fourth-order valence-electron chi connectivity index (χ4n) is 2.78. The molecule has 0 saturated heterocycles. The quantitative estimate of drug-likeness (QED) is 0.493. The molecule has 2 aromatic carbocycles. The first kappa shape index (κ1) is 20.6. The first-order valence-electron chi connectivity index (χ1n) is 9.37. The minimum absolute atomic E-state index is 0.107. The molecule has 26 heavy (non-hydrogen) atoms. The zero-order valence-corrected chi connectivity index (χ0v) is 15.6. The molecule has 0 aliphatic rings. The van der Waals surface area contributed by atoms with Crippen LogP contribution in [0.2, 0.25) is 0 Å². The lowest BCUT2D eigenvalue weighted by Gasteiger charge is -2.24. The Morgan fingerprint density at radius 2 is 1.35 bits per heavy atom. The van der Waals surface area contributed by atoms with Crippen LogP contribution in [0.25, 0.3) is 0 Å². The Balaban J connectivity index is 1.82. The van der Waals surface area contributed by atoms with Gasteiger partial charge in [-0.1, -0.05) is 67.6 Å². The Morgan fingerprint density at radius 3 is 1.88 bits per heavy atom. The summed E-state index contributed by atoms with van der Waals surface area (Å²) in [6.45, 7) is 5.65. The highest BCUT2D eigenvalue weighted by Gasteiger charge is 2.15. The number of nitrogens with zero attached hydrogens (tertiary/aromatic N) is 1. The lowest BCUT2D eigenvalue weighted by Crippen LogP contribution is -2.32. The summed E-state index contributed by atoms with van der Waals surface area (Å²) in [4.78, 5) is 2.13.